The summed E-state index contributed by atoms with van der Waals surface area (Å²) in [6, 6.07) is 5.69. The number of benzene rings is 1. The molecule has 144 valence electrons. The number of nitrogens with one attached hydrogen (secondary N) is 1. The van der Waals surface area contributed by atoms with E-state index in [4.69, 9.17) is 4.74 Å². The zero-order chi connectivity index (χ0) is 18.9. The molecule has 26 heavy (non-hydrogen) atoms. The van der Waals surface area contributed by atoms with E-state index >= 15 is 0 Å². The number of nitrogens with zero attached hydrogens (tertiary/aromatic N) is 2. The molecule has 1 N–H and O–H groups in total. The van der Waals surface area contributed by atoms with Crippen LogP contribution >= 0.6 is 0 Å². The van der Waals surface area contributed by atoms with Gasteiger partial charge in [-0.05, 0) is 37.5 Å². The van der Waals surface area contributed by atoms with Crippen LogP contribution in [0.4, 0.5) is 5.69 Å². The standard InChI is InChI=1S/C18H27N3O4S/c1-13-5-4-6-17(14(13)2)20-7-9-21(10-8-20)26(23,24)15-11-16(19-12-15)18(22)25-3/h4-6,15-16,19H,7-12H2,1-3H3. The third-order valence-electron chi connectivity index (χ3n) is 5.51. The molecule has 0 radical (unpaired) electrons. The van der Waals surface area contributed by atoms with Crippen LogP contribution in [-0.4, -0.2) is 69.8 Å². The largest absolute Gasteiger partial charge is 0.468 e. The quantitative estimate of drug-likeness (QED) is 0.772. The third-order valence-corrected chi connectivity index (χ3v) is 7.80. The van der Waals surface area contributed by atoms with Crippen molar-refractivity contribution >= 4 is 21.7 Å². The van der Waals surface area contributed by atoms with Gasteiger partial charge in [0, 0.05) is 38.4 Å². The molecule has 2 saturated heterocycles. The molecule has 0 aromatic heterocycles. The molecule has 2 unspecified atom stereocenters. The van der Waals surface area contributed by atoms with Gasteiger partial charge in [0.15, 0.2) is 0 Å². The molecule has 8 heteroatoms. The molecule has 2 heterocycles. The van der Waals surface area contributed by atoms with Crippen molar-refractivity contribution < 1.29 is 17.9 Å². The molecule has 0 bridgehead atoms. The van der Waals surface area contributed by atoms with Crippen LogP contribution in [0, 0.1) is 13.8 Å². The number of ether oxygens (including phenoxy) is 1. The summed E-state index contributed by atoms with van der Waals surface area (Å²) < 4.78 is 32.1. The van der Waals surface area contributed by atoms with E-state index in [-0.39, 0.29) is 6.42 Å². The van der Waals surface area contributed by atoms with Crippen LogP contribution in [-0.2, 0) is 19.6 Å². The van der Waals surface area contributed by atoms with Gasteiger partial charge in [0.25, 0.3) is 0 Å². The fourth-order valence-corrected chi connectivity index (χ4v) is 5.56. The summed E-state index contributed by atoms with van der Waals surface area (Å²) in [4.78, 5) is 13.9. The molecule has 3 rings (SSSR count). The first-order valence-electron chi connectivity index (χ1n) is 8.96. The van der Waals surface area contributed by atoms with E-state index in [1.807, 2.05) is 6.07 Å². The van der Waals surface area contributed by atoms with Crippen molar-refractivity contribution in [3.05, 3.63) is 29.3 Å². The molecule has 0 amide bonds. The number of hydrogen-bond donors (Lipinski definition) is 1. The fourth-order valence-electron chi connectivity index (χ4n) is 3.72. The molecule has 1 aromatic carbocycles. The number of carbonyl (C=O) groups excluding carboxylic acids is 1. The highest BCUT2D eigenvalue weighted by Gasteiger charge is 2.41. The fraction of sp³-hybridized carbons (Fsp3) is 0.611. The predicted molar refractivity (Wildman–Crippen MR) is 101 cm³/mol. The highest BCUT2D eigenvalue weighted by molar-refractivity contribution is 7.89. The average molecular weight is 381 g/mol. The van der Waals surface area contributed by atoms with E-state index in [9.17, 15) is 13.2 Å². The number of aryl methyl sites for hydroxylation is 1. The zero-order valence-corrected chi connectivity index (χ0v) is 16.4. The summed E-state index contributed by atoms with van der Waals surface area (Å²) in [5.74, 6) is -0.401. The lowest BCUT2D eigenvalue weighted by atomic mass is 10.1. The Morgan fingerprint density at radius 2 is 1.88 bits per heavy atom. The van der Waals surface area contributed by atoms with Crippen LogP contribution in [0.1, 0.15) is 17.5 Å². The van der Waals surface area contributed by atoms with E-state index in [1.54, 1.807) is 4.31 Å². The van der Waals surface area contributed by atoms with Gasteiger partial charge in [0.05, 0.1) is 12.4 Å². The van der Waals surface area contributed by atoms with E-state index in [0.717, 1.165) is 0 Å². The lowest BCUT2D eigenvalue weighted by Gasteiger charge is -2.37. The van der Waals surface area contributed by atoms with Crippen LogP contribution in [0.25, 0.3) is 0 Å². The first-order valence-corrected chi connectivity index (χ1v) is 10.5. The molecule has 2 aliphatic rings. The Hall–Kier alpha value is -1.64. The summed E-state index contributed by atoms with van der Waals surface area (Å²) in [6.45, 7) is 6.76. The second-order valence-corrected chi connectivity index (χ2v) is 9.20. The van der Waals surface area contributed by atoms with Gasteiger partial charge >= 0.3 is 5.97 Å². The van der Waals surface area contributed by atoms with Crippen molar-refractivity contribution in [1.82, 2.24) is 9.62 Å². The minimum atomic E-state index is -3.42. The van der Waals surface area contributed by atoms with Gasteiger partial charge < -0.3 is 15.0 Å². The van der Waals surface area contributed by atoms with Crippen LogP contribution in [0.2, 0.25) is 0 Å². The maximum absolute atomic E-state index is 12.9. The maximum atomic E-state index is 12.9. The first kappa shape index (κ1) is 19.1. The van der Waals surface area contributed by atoms with Gasteiger partial charge in [0.2, 0.25) is 10.0 Å². The van der Waals surface area contributed by atoms with Gasteiger partial charge in [-0.2, -0.15) is 4.31 Å². The van der Waals surface area contributed by atoms with Crippen LogP contribution in [0.15, 0.2) is 18.2 Å². The van der Waals surface area contributed by atoms with Gasteiger partial charge in [0.1, 0.15) is 6.04 Å². The number of sulfonamides is 1. The van der Waals surface area contributed by atoms with E-state index < -0.39 is 27.3 Å². The van der Waals surface area contributed by atoms with E-state index in [1.165, 1.54) is 23.9 Å². The molecule has 2 fully saturated rings. The smallest absolute Gasteiger partial charge is 0.322 e. The van der Waals surface area contributed by atoms with Crippen LogP contribution in [0.5, 0.6) is 0 Å². The Kier molecular flexibility index (Phi) is 5.55. The second-order valence-electron chi connectivity index (χ2n) is 6.99. The molecule has 0 spiro atoms. The zero-order valence-electron chi connectivity index (χ0n) is 15.6. The number of anilines is 1. The lowest BCUT2D eigenvalue weighted by molar-refractivity contribution is -0.142. The Balaban J connectivity index is 1.64. The highest BCUT2D eigenvalue weighted by Crippen LogP contribution is 2.26. The molecular weight excluding hydrogens is 354 g/mol. The third kappa shape index (κ3) is 3.58. The van der Waals surface area contributed by atoms with E-state index in [0.29, 0.717) is 32.7 Å². The molecule has 7 nitrogen and oxygen atoms in total. The first-order chi connectivity index (χ1) is 12.3. The van der Waals surface area contributed by atoms with Gasteiger partial charge in [-0.3, -0.25) is 4.79 Å². The minimum absolute atomic E-state index is 0.270. The van der Waals surface area contributed by atoms with Gasteiger partial charge in [-0.1, -0.05) is 12.1 Å². The number of esters is 1. The number of carbonyl (C=O) groups is 1. The molecule has 0 saturated carbocycles. The number of methoxy groups -OCH3 is 1. The summed E-state index contributed by atoms with van der Waals surface area (Å²) in [7, 11) is -2.11. The topological polar surface area (TPSA) is 79.0 Å². The molecule has 2 aliphatic heterocycles. The monoisotopic (exact) mass is 381 g/mol. The second kappa shape index (κ2) is 7.54. The molecular formula is C18H27N3O4S. The van der Waals surface area contributed by atoms with Gasteiger partial charge in [-0.25, -0.2) is 8.42 Å². The Labute approximate surface area is 155 Å². The Morgan fingerprint density at radius 3 is 2.54 bits per heavy atom. The number of hydrogen-bond acceptors (Lipinski definition) is 6. The van der Waals surface area contributed by atoms with Crippen molar-refractivity contribution in [3.63, 3.8) is 0 Å². The van der Waals surface area contributed by atoms with E-state index in [2.05, 4.69) is 36.2 Å². The van der Waals surface area contributed by atoms with Crippen LogP contribution < -0.4 is 10.2 Å². The van der Waals surface area contributed by atoms with Crippen molar-refractivity contribution in [3.8, 4) is 0 Å². The minimum Gasteiger partial charge on any atom is -0.468 e. The Morgan fingerprint density at radius 1 is 1.19 bits per heavy atom. The lowest BCUT2D eigenvalue weighted by Crippen LogP contribution is -2.51. The summed E-state index contributed by atoms with van der Waals surface area (Å²) >= 11 is 0. The maximum Gasteiger partial charge on any atom is 0.322 e. The molecule has 0 aliphatic carbocycles. The summed E-state index contributed by atoms with van der Waals surface area (Å²) in [5, 5.41) is 2.39. The SMILES string of the molecule is COC(=O)C1CC(S(=O)(=O)N2CCN(c3cccc(C)c3C)CC2)CN1. The summed E-state index contributed by atoms with van der Waals surface area (Å²) in [5.41, 5.74) is 3.66. The average Bonchev–Trinajstić information content (AvgIpc) is 3.14. The number of rotatable bonds is 4. The van der Waals surface area contributed by atoms with Crippen molar-refractivity contribution in [2.24, 2.45) is 0 Å². The Bertz CT molecular complexity index is 773. The van der Waals surface area contributed by atoms with Crippen molar-refractivity contribution in [1.29, 1.82) is 0 Å². The highest BCUT2D eigenvalue weighted by atomic mass is 32.2. The van der Waals surface area contributed by atoms with Crippen molar-refractivity contribution in [2.45, 2.75) is 31.6 Å². The van der Waals surface area contributed by atoms with Gasteiger partial charge in [-0.15, -0.1) is 0 Å². The summed E-state index contributed by atoms with van der Waals surface area (Å²) in [6.07, 6.45) is 0.270. The molecule has 1 aromatic rings. The normalized spacial score (nSPS) is 24.7. The predicted octanol–water partition coefficient (Wildman–Crippen LogP) is 0.659. The van der Waals surface area contributed by atoms with Crippen molar-refractivity contribution in [2.75, 3.05) is 44.7 Å². The molecule has 2 atom stereocenters. The van der Waals surface area contributed by atoms with Crippen LogP contribution in [0.3, 0.4) is 0 Å². The number of piperazine rings is 1.